The maximum Gasteiger partial charge on any atom is 0.319 e. The van der Waals surface area contributed by atoms with Crippen molar-refractivity contribution >= 4 is 29.4 Å². The molecule has 3 N–H and O–H groups in total. The van der Waals surface area contributed by atoms with Crippen LogP contribution in [0.1, 0.15) is 18.4 Å². The molecule has 1 aromatic carbocycles. The van der Waals surface area contributed by atoms with E-state index in [1.165, 1.54) is 0 Å². The largest absolute Gasteiger partial charge is 0.481 e. The van der Waals surface area contributed by atoms with E-state index >= 15 is 0 Å². The van der Waals surface area contributed by atoms with Gasteiger partial charge in [0.15, 0.2) is 0 Å². The van der Waals surface area contributed by atoms with Gasteiger partial charge >= 0.3 is 12.0 Å². The van der Waals surface area contributed by atoms with Crippen LogP contribution in [-0.2, 0) is 11.2 Å². The van der Waals surface area contributed by atoms with Gasteiger partial charge in [-0.2, -0.15) is 11.8 Å². The van der Waals surface area contributed by atoms with Crippen LogP contribution in [0.15, 0.2) is 24.3 Å². The lowest BCUT2D eigenvalue weighted by Crippen LogP contribution is -2.35. The summed E-state index contributed by atoms with van der Waals surface area (Å²) < 4.78 is 0.239. The highest BCUT2D eigenvalue weighted by Crippen LogP contribution is 2.46. The van der Waals surface area contributed by atoms with Gasteiger partial charge in [-0.3, -0.25) is 4.79 Å². The van der Waals surface area contributed by atoms with E-state index in [0.29, 0.717) is 17.8 Å². The molecule has 1 aliphatic rings. The molecule has 1 aromatic rings. The molecule has 20 heavy (non-hydrogen) atoms. The van der Waals surface area contributed by atoms with Crippen LogP contribution >= 0.6 is 11.8 Å². The topological polar surface area (TPSA) is 78.4 Å². The van der Waals surface area contributed by atoms with E-state index in [4.69, 9.17) is 5.11 Å². The monoisotopic (exact) mass is 294 g/mol. The van der Waals surface area contributed by atoms with Crippen molar-refractivity contribution in [3.05, 3.63) is 29.8 Å². The fourth-order valence-electron chi connectivity index (χ4n) is 1.89. The van der Waals surface area contributed by atoms with Gasteiger partial charge in [0.1, 0.15) is 0 Å². The van der Waals surface area contributed by atoms with E-state index in [2.05, 4.69) is 16.9 Å². The fourth-order valence-corrected chi connectivity index (χ4v) is 2.62. The molecule has 0 bridgehead atoms. The molecule has 1 aliphatic carbocycles. The molecule has 1 saturated carbocycles. The second-order valence-electron chi connectivity index (χ2n) is 4.96. The minimum absolute atomic E-state index is 0.0112. The molecule has 2 rings (SSSR count). The van der Waals surface area contributed by atoms with Crippen LogP contribution in [0.25, 0.3) is 0 Å². The van der Waals surface area contributed by atoms with Crippen molar-refractivity contribution in [2.45, 2.75) is 24.0 Å². The lowest BCUT2D eigenvalue weighted by Gasteiger charge is -2.13. The lowest BCUT2D eigenvalue weighted by atomic mass is 10.1. The van der Waals surface area contributed by atoms with E-state index in [-0.39, 0.29) is 17.2 Å². The summed E-state index contributed by atoms with van der Waals surface area (Å²) in [7, 11) is 0. The normalized spacial score (nSPS) is 15.4. The number of rotatable bonds is 6. The second kappa shape index (κ2) is 6.17. The van der Waals surface area contributed by atoms with Gasteiger partial charge in [-0.1, -0.05) is 12.1 Å². The van der Waals surface area contributed by atoms with E-state index in [0.717, 1.165) is 12.8 Å². The van der Waals surface area contributed by atoms with Gasteiger partial charge in [-0.05, 0) is 36.8 Å². The number of urea groups is 1. The molecule has 6 heteroatoms. The first-order chi connectivity index (χ1) is 9.53. The number of carboxylic acids is 1. The average Bonchev–Trinajstić information content (AvgIpc) is 3.19. The molecule has 2 amide bonds. The van der Waals surface area contributed by atoms with Gasteiger partial charge in [-0.25, -0.2) is 4.79 Å². The quantitative estimate of drug-likeness (QED) is 0.752. The summed E-state index contributed by atoms with van der Waals surface area (Å²) in [6.07, 6.45) is 4.35. The molecule has 0 unspecified atom stereocenters. The molecule has 108 valence electrons. The van der Waals surface area contributed by atoms with Gasteiger partial charge in [-0.15, -0.1) is 0 Å². The number of carbonyl (C=O) groups is 2. The Morgan fingerprint density at radius 2 is 1.95 bits per heavy atom. The second-order valence-corrected chi connectivity index (χ2v) is 6.24. The molecular weight excluding hydrogens is 276 g/mol. The SMILES string of the molecule is CSC1(CNC(=O)Nc2ccc(CC(=O)O)cc2)CC1. The van der Waals surface area contributed by atoms with Crippen molar-refractivity contribution in [3.8, 4) is 0 Å². The summed E-state index contributed by atoms with van der Waals surface area (Å²) in [6, 6.07) is 6.59. The van der Waals surface area contributed by atoms with Gasteiger partial charge in [0.05, 0.1) is 6.42 Å². The molecule has 0 spiro atoms. The highest BCUT2D eigenvalue weighted by molar-refractivity contribution is 8.00. The Morgan fingerprint density at radius 3 is 2.45 bits per heavy atom. The number of hydrogen-bond donors (Lipinski definition) is 3. The Labute approximate surface area is 122 Å². The van der Waals surface area contributed by atoms with Crippen molar-refractivity contribution in [3.63, 3.8) is 0 Å². The van der Waals surface area contributed by atoms with E-state index in [1.807, 2.05) is 0 Å². The number of aliphatic carboxylic acids is 1. The third kappa shape index (κ3) is 4.16. The lowest BCUT2D eigenvalue weighted by molar-refractivity contribution is -0.136. The van der Waals surface area contributed by atoms with Crippen molar-refractivity contribution in [1.29, 1.82) is 0 Å². The highest BCUT2D eigenvalue weighted by Gasteiger charge is 2.41. The number of hydrogen-bond acceptors (Lipinski definition) is 3. The van der Waals surface area contributed by atoms with E-state index in [9.17, 15) is 9.59 Å². The van der Waals surface area contributed by atoms with Gasteiger partial charge in [0.25, 0.3) is 0 Å². The Kier molecular flexibility index (Phi) is 4.54. The van der Waals surface area contributed by atoms with Gasteiger partial charge < -0.3 is 15.7 Å². The fraction of sp³-hybridized carbons (Fsp3) is 0.429. The van der Waals surface area contributed by atoms with Crippen molar-refractivity contribution < 1.29 is 14.7 Å². The van der Waals surface area contributed by atoms with Crippen LogP contribution in [0.2, 0.25) is 0 Å². The standard InChI is InChI=1S/C14H18N2O3S/c1-20-14(6-7-14)9-15-13(19)16-11-4-2-10(3-5-11)8-12(17)18/h2-5H,6-9H2,1H3,(H,17,18)(H2,15,16,19). The third-order valence-corrected chi connectivity index (χ3v) is 4.80. The van der Waals surface area contributed by atoms with Crippen molar-refractivity contribution in [2.24, 2.45) is 0 Å². The van der Waals surface area contributed by atoms with Crippen LogP contribution < -0.4 is 10.6 Å². The number of carboxylic acid groups (broad SMARTS) is 1. The van der Waals surface area contributed by atoms with Crippen LogP contribution in [-0.4, -0.2) is 34.7 Å². The molecule has 1 fully saturated rings. The number of anilines is 1. The summed E-state index contributed by atoms with van der Waals surface area (Å²) >= 11 is 1.80. The zero-order chi connectivity index (χ0) is 14.6. The molecule has 0 saturated heterocycles. The minimum Gasteiger partial charge on any atom is -0.481 e. The summed E-state index contributed by atoms with van der Waals surface area (Å²) in [4.78, 5) is 22.3. The molecule has 0 heterocycles. The van der Waals surface area contributed by atoms with E-state index in [1.54, 1.807) is 36.0 Å². The predicted octanol–water partition coefficient (Wildman–Crippen LogP) is 2.33. The smallest absolute Gasteiger partial charge is 0.319 e. The van der Waals surface area contributed by atoms with Gasteiger partial charge in [0.2, 0.25) is 0 Å². The summed E-state index contributed by atoms with van der Waals surface area (Å²) in [5.74, 6) is -0.866. The van der Waals surface area contributed by atoms with Gasteiger partial charge in [0, 0.05) is 17.0 Å². The number of nitrogens with one attached hydrogen (secondary N) is 2. The highest BCUT2D eigenvalue weighted by atomic mass is 32.2. The maximum absolute atomic E-state index is 11.7. The first-order valence-electron chi connectivity index (χ1n) is 6.44. The van der Waals surface area contributed by atoms with Crippen LogP contribution in [0, 0.1) is 0 Å². The Morgan fingerprint density at radius 1 is 1.30 bits per heavy atom. The summed E-state index contributed by atoms with van der Waals surface area (Å²) in [5.41, 5.74) is 1.37. The van der Waals surface area contributed by atoms with Crippen molar-refractivity contribution in [1.82, 2.24) is 5.32 Å². The first kappa shape index (κ1) is 14.7. The molecule has 5 nitrogen and oxygen atoms in total. The van der Waals surface area contributed by atoms with Crippen molar-refractivity contribution in [2.75, 3.05) is 18.1 Å². The van der Waals surface area contributed by atoms with Crippen LogP contribution in [0.4, 0.5) is 10.5 Å². The molecular formula is C14H18N2O3S. The zero-order valence-electron chi connectivity index (χ0n) is 11.3. The number of benzene rings is 1. The summed E-state index contributed by atoms with van der Waals surface area (Å²) in [5, 5.41) is 14.3. The number of thioether (sulfide) groups is 1. The zero-order valence-corrected chi connectivity index (χ0v) is 12.1. The molecule has 0 aliphatic heterocycles. The van der Waals surface area contributed by atoms with E-state index < -0.39 is 5.97 Å². The Bertz CT molecular complexity index is 498. The maximum atomic E-state index is 11.7. The van der Waals surface area contributed by atoms with Crippen LogP contribution in [0.3, 0.4) is 0 Å². The molecule has 0 atom stereocenters. The number of amides is 2. The first-order valence-corrected chi connectivity index (χ1v) is 7.66. The average molecular weight is 294 g/mol. The minimum atomic E-state index is -0.866. The predicted molar refractivity (Wildman–Crippen MR) is 80.3 cm³/mol. The molecule has 0 aromatic heterocycles. The number of carbonyl (C=O) groups excluding carboxylic acids is 1. The molecule has 0 radical (unpaired) electrons. The Hall–Kier alpha value is -1.69. The third-order valence-electron chi connectivity index (χ3n) is 3.38. The Balaban J connectivity index is 1.80. The van der Waals surface area contributed by atoms with Crippen LogP contribution in [0.5, 0.6) is 0 Å². The summed E-state index contributed by atoms with van der Waals surface area (Å²) in [6.45, 7) is 0.678.